The molecule has 1 aromatic carbocycles. The normalized spacial score (nSPS) is 27.8. The Bertz CT molecular complexity index is 391. The summed E-state index contributed by atoms with van der Waals surface area (Å²) in [5.41, 5.74) is 1.17. The monoisotopic (exact) mass is 239 g/mol. The Morgan fingerprint density at radius 3 is 3.06 bits per heavy atom. The molecule has 0 spiro atoms. The molecule has 2 unspecified atom stereocenters. The first-order valence-electron chi connectivity index (χ1n) is 5.59. The van der Waals surface area contributed by atoms with Gasteiger partial charge >= 0.3 is 0 Å². The molecule has 2 aliphatic rings. The van der Waals surface area contributed by atoms with Gasteiger partial charge in [-0.3, -0.25) is 0 Å². The van der Waals surface area contributed by atoms with E-state index in [0.29, 0.717) is 12.6 Å². The lowest BCUT2D eigenvalue weighted by atomic mass is 10.1. The second-order valence-corrected chi connectivity index (χ2v) is 4.71. The van der Waals surface area contributed by atoms with E-state index in [1.807, 2.05) is 18.2 Å². The van der Waals surface area contributed by atoms with Gasteiger partial charge in [-0.15, -0.1) is 0 Å². The highest BCUT2D eigenvalue weighted by atomic mass is 35.5. The summed E-state index contributed by atoms with van der Waals surface area (Å²) in [6.07, 6.45) is 1.08. The van der Waals surface area contributed by atoms with Crippen LogP contribution in [0, 0.1) is 0 Å². The van der Waals surface area contributed by atoms with Gasteiger partial charge < -0.3 is 14.8 Å². The largest absolute Gasteiger partial charge is 0.491 e. The van der Waals surface area contributed by atoms with Gasteiger partial charge in [0.25, 0.3) is 0 Å². The van der Waals surface area contributed by atoms with Gasteiger partial charge in [0, 0.05) is 23.2 Å². The highest BCUT2D eigenvalue weighted by Crippen LogP contribution is 2.34. The molecule has 0 aliphatic carbocycles. The van der Waals surface area contributed by atoms with Crippen molar-refractivity contribution in [1.82, 2.24) is 5.32 Å². The molecule has 1 aromatic rings. The van der Waals surface area contributed by atoms with Crippen LogP contribution < -0.4 is 10.1 Å². The Balaban J connectivity index is 1.77. The lowest BCUT2D eigenvalue weighted by Gasteiger charge is -2.16. The van der Waals surface area contributed by atoms with Crippen LogP contribution in [0.5, 0.6) is 5.75 Å². The fourth-order valence-corrected chi connectivity index (χ4v) is 2.45. The molecule has 0 bridgehead atoms. The summed E-state index contributed by atoms with van der Waals surface area (Å²) >= 11 is 6.00. The summed E-state index contributed by atoms with van der Waals surface area (Å²) in [7, 11) is 0. The van der Waals surface area contributed by atoms with Crippen molar-refractivity contribution in [2.24, 2.45) is 0 Å². The Kier molecular flexibility index (Phi) is 2.75. The molecule has 1 saturated heterocycles. The average molecular weight is 240 g/mol. The summed E-state index contributed by atoms with van der Waals surface area (Å²) in [5, 5.41) is 4.32. The number of ether oxygens (including phenoxy) is 2. The van der Waals surface area contributed by atoms with Crippen molar-refractivity contribution in [2.45, 2.75) is 18.5 Å². The fourth-order valence-electron chi connectivity index (χ4n) is 2.27. The fraction of sp³-hybridized carbons (Fsp3) is 0.500. The van der Waals surface area contributed by atoms with E-state index in [1.165, 1.54) is 5.56 Å². The van der Waals surface area contributed by atoms with E-state index in [4.69, 9.17) is 21.1 Å². The minimum atomic E-state index is 0.250. The highest BCUT2D eigenvalue weighted by Gasteiger charge is 2.27. The van der Waals surface area contributed by atoms with Crippen LogP contribution in [0.15, 0.2) is 18.2 Å². The predicted octanol–water partition coefficient (Wildman–Crippen LogP) is 2.15. The van der Waals surface area contributed by atoms with Gasteiger partial charge in [-0.1, -0.05) is 11.6 Å². The van der Waals surface area contributed by atoms with Crippen molar-refractivity contribution in [3.05, 3.63) is 28.8 Å². The minimum absolute atomic E-state index is 0.250. The molecule has 0 radical (unpaired) electrons. The lowest BCUT2D eigenvalue weighted by Crippen LogP contribution is -2.33. The molecule has 3 nitrogen and oxygen atoms in total. The van der Waals surface area contributed by atoms with Crippen molar-refractivity contribution in [3.63, 3.8) is 0 Å². The molecule has 16 heavy (non-hydrogen) atoms. The zero-order valence-corrected chi connectivity index (χ0v) is 9.67. The third kappa shape index (κ3) is 1.90. The predicted molar refractivity (Wildman–Crippen MR) is 62.0 cm³/mol. The first-order valence-corrected chi connectivity index (χ1v) is 5.97. The van der Waals surface area contributed by atoms with Gasteiger partial charge in [-0.25, -0.2) is 0 Å². The molecule has 4 heteroatoms. The molecule has 0 aromatic heterocycles. The average Bonchev–Trinajstić information content (AvgIpc) is 2.90. The van der Waals surface area contributed by atoms with Crippen molar-refractivity contribution in [1.29, 1.82) is 0 Å². The van der Waals surface area contributed by atoms with Gasteiger partial charge in [-0.05, 0) is 24.6 Å². The third-order valence-electron chi connectivity index (χ3n) is 3.12. The van der Waals surface area contributed by atoms with Crippen LogP contribution in [0.1, 0.15) is 18.0 Å². The zero-order valence-electron chi connectivity index (χ0n) is 8.91. The van der Waals surface area contributed by atoms with Crippen LogP contribution in [-0.4, -0.2) is 25.9 Å². The molecule has 2 heterocycles. The number of benzene rings is 1. The summed E-state index contributed by atoms with van der Waals surface area (Å²) in [4.78, 5) is 0. The molecular formula is C12H14ClNO2. The van der Waals surface area contributed by atoms with E-state index in [1.54, 1.807) is 0 Å². The maximum atomic E-state index is 6.00. The number of nitrogens with one attached hydrogen (secondary N) is 1. The second kappa shape index (κ2) is 4.24. The van der Waals surface area contributed by atoms with Gasteiger partial charge in [0.05, 0.1) is 12.6 Å². The van der Waals surface area contributed by atoms with Gasteiger partial charge in [0.15, 0.2) is 0 Å². The SMILES string of the molecule is Clc1ccc2c(c1)C(NC1CCOC1)CO2. The number of hydrogen-bond acceptors (Lipinski definition) is 3. The molecule has 1 N–H and O–H groups in total. The van der Waals surface area contributed by atoms with Crippen molar-refractivity contribution in [3.8, 4) is 5.75 Å². The summed E-state index contributed by atoms with van der Waals surface area (Å²) in [6, 6.07) is 6.47. The molecule has 2 aliphatic heterocycles. The van der Waals surface area contributed by atoms with E-state index in [-0.39, 0.29) is 6.04 Å². The van der Waals surface area contributed by atoms with E-state index < -0.39 is 0 Å². The quantitative estimate of drug-likeness (QED) is 0.858. The summed E-state index contributed by atoms with van der Waals surface area (Å²) < 4.78 is 11.0. The smallest absolute Gasteiger partial charge is 0.124 e. The first kappa shape index (κ1) is 10.4. The first-order chi connectivity index (χ1) is 7.83. The third-order valence-corrected chi connectivity index (χ3v) is 3.35. The molecule has 1 fully saturated rings. The Labute approximate surface area is 99.7 Å². The number of halogens is 1. The van der Waals surface area contributed by atoms with Gasteiger partial charge in [0.2, 0.25) is 0 Å². The maximum Gasteiger partial charge on any atom is 0.124 e. The van der Waals surface area contributed by atoms with Crippen molar-refractivity contribution < 1.29 is 9.47 Å². The molecule has 3 rings (SSSR count). The van der Waals surface area contributed by atoms with Gasteiger partial charge in [0.1, 0.15) is 12.4 Å². The minimum Gasteiger partial charge on any atom is -0.491 e. The Morgan fingerprint density at radius 1 is 1.31 bits per heavy atom. The van der Waals surface area contributed by atoms with Crippen molar-refractivity contribution in [2.75, 3.05) is 19.8 Å². The van der Waals surface area contributed by atoms with Crippen LogP contribution in [0.2, 0.25) is 5.02 Å². The highest BCUT2D eigenvalue weighted by molar-refractivity contribution is 6.30. The second-order valence-electron chi connectivity index (χ2n) is 4.27. The van der Waals surface area contributed by atoms with Crippen LogP contribution in [0.3, 0.4) is 0 Å². The molecule has 0 saturated carbocycles. The number of hydrogen-bond donors (Lipinski definition) is 1. The zero-order chi connectivity index (χ0) is 11.0. The van der Waals surface area contributed by atoms with E-state index >= 15 is 0 Å². The van der Waals surface area contributed by atoms with Gasteiger partial charge in [-0.2, -0.15) is 0 Å². The molecular weight excluding hydrogens is 226 g/mol. The lowest BCUT2D eigenvalue weighted by molar-refractivity contribution is 0.186. The van der Waals surface area contributed by atoms with E-state index in [9.17, 15) is 0 Å². The standard InChI is InChI=1S/C12H14ClNO2/c13-8-1-2-12-10(5-8)11(7-16-12)14-9-3-4-15-6-9/h1-2,5,9,11,14H,3-4,6-7H2. The maximum absolute atomic E-state index is 6.00. The van der Waals surface area contributed by atoms with E-state index in [2.05, 4.69) is 5.32 Å². The molecule has 0 amide bonds. The molecule has 86 valence electrons. The van der Waals surface area contributed by atoms with Crippen LogP contribution >= 0.6 is 11.6 Å². The van der Waals surface area contributed by atoms with Crippen LogP contribution in [0.25, 0.3) is 0 Å². The van der Waals surface area contributed by atoms with E-state index in [0.717, 1.165) is 30.4 Å². The Morgan fingerprint density at radius 2 is 2.25 bits per heavy atom. The summed E-state index contributed by atoms with van der Waals surface area (Å²) in [6.45, 7) is 2.34. The Hall–Kier alpha value is -0.770. The molecule has 2 atom stereocenters. The van der Waals surface area contributed by atoms with Crippen LogP contribution in [-0.2, 0) is 4.74 Å². The number of fused-ring (bicyclic) bond motifs is 1. The van der Waals surface area contributed by atoms with Crippen LogP contribution in [0.4, 0.5) is 0 Å². The topological polar surface area (TPSA) is 30.5 Å². The number of rotatable bonds is 2. The van der Waals surface area contributed by atoms with Crippen molar-refractivity contribution >= 4 is 11.6 Å². The summed E-state index contributed by atoms with van der Waals surface area (Å²) in [5.74, 6) is 0.945.